The Morgan fingerprint density at radius 3 is 1.35 bits per heavy atom. The van der Waals surface area contributed by atoms with Crippen LogP contribution in [0.3, 0.4) is 0 Å². The molecule has 0 unspecified atom stereocenters. The lowest BCUT2D eigenvalue weighted by Gasteiger charge is -2.19. The third kappa shape index (κ3) is 17.3. The number of hydrogen-bond acceptors (Lipinski definition) is 11. The minimum Gasteiger partial charge on any atom is -0.502 e. The van der Waals surface area contributed by atoms with Crippen LogP contribution in [0.2, 0.25) is 0 Å². The van der Waals surface area contributed by atoms with Crippen LogP contribution in [-0.4, -0.2) is 53.8 Å². The number of aliphatic hydroxyl groups is 1. The minimum absolute atomic E-state index is 0.0326. The highest BCUT2D eigenvalue weighted by Crippen LogP contribution is 2.31. The van der Waals surface area contributed by atoms with E-state index in [-0.39, 0.29) is 48.8 Å². The van der Waals surface area contributed by atoms with Crippen molar-refractivity contribution in [1.82, 2.24) is 10.6 Å². The normalized spacial score (nSPS) is 11.2. The second-order valence-corrected chi connectivity index (χ2v) is 18.2. The Kier molecular flexibility index (Phi) is 21.5. The van der Waals surface area contributed by atoms with Crippen molar-refractivity contribution in [1.29, 1.82) is 10.5 Å². The van der Waals surface area contributed by atoms with Crippen LogP contribution in [0.25, 0.3) is 9.69 Å². The number of ether oxygens (including phenoxy) is 5. The topological polar surface area (TPSA) is 198 Å². The van der Waals surface area contributed by atoms with E-state index in [1.54, 1.807) is 54.6 Å². The number of nitrogens with one attached hydrogen (secondary N) is 2. The fraction of sp³-hybridized carbons (Fsp3) is 0.222. The Balaban J connectivity index is 0.000000258. The summed E-state index contributed by atoms with van der Waals surface area (Å²) in [6.07, 6.45) is 0.150. The molecule has 7 rings (SSSR count). The second kappa shape index (κ2) is 29.2. The molecule has 0 saturated carbocycles. The van der Waals surface area contributed by atoms with E-state index < -0.39 is 29.9 Å². The first-order chi connectivity index (χ1) is 37.8. The van der Waals surface area contributed by atoms with Gasteiger partial charge in [0.1, 0.15) is 61.0 Å². The van der Waals surface area contributed by atoms with Crippen molar-refractivity contribution in [3.8, 4) is 35.1 Å². The molecular weight excluding hydrogens is 985 g/mol. The van der Waals surface area contributed by atoms with Gasteiger partial charge in [-0.25, -0.2) is 14.5 Å². The summed E-state index contributed by atoms with van der Waals surface area (Å²) in [5.74, 6) is 0.0882. The fourth-order valence-corrected chi connectivity index (χ4v) is 7.72. The molecule has 0 fully saturated rings. The largest absolute Gasteiger partial charge is 0.502 e. The van der Waals surface area contributed by atoms with Crippen LogP contribution in [0.1, 0.15) is 87.4 Å². The van der Waals surface area contributed by atoms with Crippen molar-refractivity contribution in [2.45, 2.75) is 84.6 Å². The van der Waals surface area contributed by atoms with E-state index in [1.165, 1.54) is 12.1 Å². The van der Waals surface area contributed by atoms with Crippen molar-refractivity contribution in [2.24, 2.45) is 0 Å². The zero-order chi connectivity index (χ0) is 55.8. The van der Waals surface area contributed by atoms with E-state index in [0.717, 1.165) is 22.3 Å². The maximum absolute atomic E-state index is 13.3. The zero-order valence-corrected chi connectivity index (χ0v) is 43.6. The number of nitrogens with zero attached hydrogens (tertiary/aromatic N) is 4. The molecule has 3 N–H and O–H groups in total. The highest BCUT2D eigenvalue weighted by molar-refractivity contribution is 5.98. The van der Waals surface area contributed by atoms with E-state index in [4.69, 9.17) is 36.8 Å². The van der Waals surface area contributed by atoms with Crippen molar-refractivity contribution >= 4 is 29.2 Å². The summed E-state index contributed by atoms with van der Waals surface area (Å²) in [7, 11) is 0. The molecule has 2 amide bonds. The van der Waals surface area contributed by atoms with E-state index >= 15 is 0 Å². The predicted octanol–water partition coefficient (Wildman–Crippen LogP) is 11.4. The summed E-state index contributed by atoms with van der Waals surface area (Å²) in [4.78, 5) is 46.3. The van der Waals surface area contributed by atoms with Gasteiger partial charge in [-0.3, -0.25) is 9.59 Å². The number of benzene rings is 7. The van der Waals surface area contributed by atoms with Gasteiger partial charge in [-0.1, -0.05) is 103 Å². The fourth-order valence-electron chi connectivity index (χ4n) is 7.72. The van der Waals surface area contributed by atoms with E-state index in [1.807, 2.05) is 125 Å². The Hall–Kier alpha value is -9.93. The van der Waals surface area contributed by atoms with Crippen LogP contribution >= 0.6 is 0 Å². The van der Waals surface area contributed by atoms with Gasteiger partial charge in [-0.15, -0.1) is 0 Å². The summed E-state index contributed by atoms with van der Waals surface area (Å²) < 4.78 is 28.5. The van der Waals surface area contributed by atoms with Gasteiger partial charge in [0, 0.05) is 17.5 Å². The zero-order valence-electron chi connectivity index (χ0n) is 43.6. The molecule has 7 aromatic rings. The standard InChI is InChI=1S/C35H31N3O5.C28H27N3O4/c1-24(2)43-33-17-15-28(20-30(33)37-3)34(39)38-31(35(40)42-23-26-12-8-5-9-13-26)19-27-14-16-32(29(18-27)21-36)41-22-25-10-6-4-7-11-25;1-19(2)35-27-12-10-22(15-25(27)30-3)28(33)31-24(17-32)14-21-9-11-26(23(13-21)16-29)34-18-20-7-5-4-6-8-20/h4-18,20,24,31H,19,22-23H2,1-2H3,(H,38,39);4-13,15,19,24,32H,14,17-18H2,1-2H3,(H,31,33)/t31-;24-/m00/s1. The molecule has 0 bridgehead atoms. The number of nitriles is 2. The lowest BCUT2D eigenvalue weighted by molar-refractivity contribution is -0.147. The average Bonchev–Trinajstić information content (AvgIpc) is 3.46. The van der Waals surface area contributed by atoms with Crippen molar-refractivity contribution in [2.75, 3.05) is 6.61 Å². The molecule has 15 nitrogen and oxygen atoms in total. The van der Waals surface area contributed by atoms with E-state index in [2.05, 4.69) is 32.5 Å². The first kappa shape index (κ1) is 57.4. The molecule has 2 atom stereocenters. The molecule has 15 heteroatoms. The SMILES string of the molecule is [C-]#[N+]c1cc(C(=O)N[C@@H](Cc2ccc(OCc3ccccc3)c(C#N)c2)C(=O)OCc2ccccc2)ccc1OC(C)C.[C-]#[N+]c1cc(C(=O)N[C@H](CO)Cc2ccc(OCc3ccccc3)c(C#N)c2)ccc1OC(C)C. The maximum atomic E-state index is 13.3. The maximum Gasteiger partial charge on any atom is 0.329 e. The molecule has 0 saturated heterocycles. The summed E-state index contributed by atoms with van der Waals surface area (Å²) in [5.41, 5.74) is 5.78. The van der Waals surface area contributed by atoms with Gasteiger partial charge in [-0.2, -0.15) is 10.5 Å². The van der Waals surface area contributed by atoms with Gasteiger partial charge >= 0.3 is 5.97 Å². The van der Waals surface area contributed by atoms with Gasteiger partial charge in [0.25, 0.3) is 5.91 Å². The van der Waals surface area contributed by atoms with Gasteiger partial charge in [0.15, 0.2) is 0 Å². The van der Waals surface area contributed by atoms with E-state index in [9.17, 15) is 30.0 Å². The number of carbonyl (C=O) groups is 3. The Morgan fingerprint density at radius 2 is 0.936 bits per heavy atom. The molecule has 7 aromatic carbocycles. The number of amides is 2. The van der Waals surface area contributed by atoms with Crippen LogP contribution in [-0.2, 0) is 42.2 Å². The second-order valence-electron chi connectivity index (χ2n) is 18.2. The van der Waals surface area contributed by atoms with Crippen molar-refractivity contribution < 1.29 is 43.2 Å². The number of carbonyl (C=O) groups excluding carboxylic acids is 3. The summed E-state index contributed by atoms with van der Waals surface area (Å²) in [6.45, 7) is 22.7. The highest BCUT2D eigenvalue weighted by Gasteiger charge is 2.25. The van der Waals surface area contributed by atoms with Gasteiger partial charge in [-0.05, 0) is 123 Å². The molecule has 78 heavy (non-hydrogen) atoms. The van der Waals surface area contributed by atoms with E-state index in [0.29, 0.717) is 64.9 Å². The first-order valence-corrected chi connectivity index (χ1v) is 25.0. The minimum atomic E-state index is -1.07. The smallest absolute Gasteiger partial charge is 0.329 e. The lowest BCUT2D eigenvalue weighted by atomic mass is 10.0. The number of rotatable bonds is 22. The number of aliphatic hydroxyl groups excluding tert-OH is 1. The molecule has 0 aliphatic rings. The van der Waals surface area contributed by atoms with Crippen molar-refractivity contribution in [3.63, 3.8) is 0 Å². The Labute approximate surface area is 454 Å². The van der Waals surface area contributed by atoms with Crippen LogP contribution in [0.5, 0.6) is 23.0 Å². The summed E-state index contributed by atoms with van der Waals surface area (Å²) in [6, 6.07) is 50.6. The molecular formula is C63H58N6O9. The molecule has 0 radical (unpaired) electrons. The Bertz CT molecular complexity index is 3320. The van der Waals surface area contributed by atoms with Crippen molar-refractivity contribution in [3.05, 3.63) is 237 Å². The van der Waals surface area contributed by atoms with Gasteiger partial charge in [0.2, 0.25) is 17.3 Å². The number of hydrogen-bond donors (Lipinski definition) is 3. The van der Waals surface area contributed by atoms with Crippen LogP contribution < -0.4 is 29.6 Å². The monoisotopic (exact) mass is 1040 g/mol. The third-order valence-electron chi connectivity index (χ3n) is 11.5. The summed E-state index contributed by atoms with van der Waals surface area (Å²) >= 11 is 0. The summed E-state index contributed by atoms with van der Waals surface area (Å²) in [5, 5.41) is 34.8. The average molecular weight is 1040 g/mol. The quantitative estimate of drug-likeness (QED) is 0.0431. The molecule has 0 heterocycles. The molecule has 0 aromatic heterocycles. The third-order valence-corrected chi connectivity index (χ3v) is 11.5. The first-order valence-electron chi connectivity index (χ1n) is 25.0. The number of esters is 1. The highest BCUT2D eigenvalue weighted by atomic mass is 16.5. The molecule has 0 aliphatic heterocycles. The van der Waals surface area contributed by atoms with Gasteiger partial charge < -0.3 is 39.4 Å². The van der Waals surface area contributed by atoms with Gasteiger partial charge in [0.05, 0.1) is 49.1 Å². The molecule has 0 aliphatic carbocycles. The Morgan fingerprint density at radius 1 is 0.526 bits per heavy atom. The molecule has 0 spiro atoms. The lowest BCUT2D eigenvalue weighted by Crippen LogP contribution is -2.43. The molecule has 394 valence electrons. The van der Waals surface area contributed by atoms with Crippen LogP contribution in [0, 0.1) is 35.8 Å². The van der Waals surface area contributed by atoms with Crippen LogP contribution in [0.4, 0.5) is 11.4 Å². The van der Waals surface area contributed by atoms with Crippen LogP contribution in [0.15, 0.2) is 164 Å². The predicted molar refractivity (Wildman–Crippen MR) is 294 cm³/mol.